The Bertz CT molecular complexity index is 1350. The first-order chi connectivity index (χ1) is 42.4. The minimum atomic E-state index is 0.0192. The van der Waals surface area contributed by atoms with Crippen molar-refractivity contribution in [3.8, 4) is 5.75 Å². The van der Waals surface area contributed by atoms with Crippen molar-refractivity contribution < 1.29 is 105 Å². The highest BCUT2D eigenvalue weighted by atomic mass is 16.6. The van der Waals surface area contributed by atoms with Crippen LogP contribution in [0.25, 0.3) is 0 Å². The predicted molar refractivity (Wildman–Crippen MR) is 325 cm³/mol. The molecule has 1 N–H and O–H groups in total. The molecule has 0 saturated heterocycles. The van der Waals surface area contributed by atoms with Gasteiger partial charge >= 0.3 is 0 Å². The van der Waals surface area contributed by atoms with Gasteiger partial charge in [-0.1, -0.05) is 103 Å². The lowest BCUT2D eigenvalue weighted by atomic mass is 10.0. The SMILES string of the molecule is CCCCCCCCCCCCCCCCOc1ccc(COCCOCCOCCOCCOCCOCCOCCOCCOCCOCCOCCOCCOCCOCCOCCOCCOCCOCCOCCOCCO)cc1. The molecule has 0 heterocycles. The molecule has 85 heavy (non-hydrogen) atoms. The molecule has 0 bridgehead atoms. The van der Waals surface area contributed by atoms with Crippen LogP contribution in [0.1, 0.15) is 102 Å². The van der Waals surface area contributed by atoms with E-state index in [4.69, 9.17) is 105 Å². The maximum absolute atomic E-state index is 8.62. The predicted octanol–water partition coefficient (Wildman–Crippen LogP) is 7.37. The van der Waals surface area contributed by atoms with E-state index in [1.807, 2.05) is 12.1 Å². The summed E-state index contributed by atoms with van der Waals surface area (Å²) in [6.07, 6.45) is 19.1. The molecule has 0 amide bonds. The molecule has 0 unspecified atom stereocenters. The Kier molecular flexibility index (Phi) is 71.3. The topological polar surface area (TPSA) is 214 Å². The molecule has 1 aromatic rings. The number of hydrogen-bond donors (Lipinski definition) is 1. The summed E-state index contributed by atoms with van der Waals surface area (Å²) in [5.74, 6) is 0.923. The van der Waals surface area contributed by atoms with E-state index in [-0.39, 0.29) is 6.61 Å². The maximum Gasteiger partial charge on any atom is 0.119 e. The molecular formula is C63H120O22. The third-order valence-corrected chi connectivity index (χ3v) is 12.3. The average molecular weight is 1230 g/mol. The summed E-state index contributed by atoms with van der Waals surface area (Å²) in [4.78, 5) is 0. The lowest BCUT2D eigenvalue weighted by molar-refractivity contribution is -0.0315. The first kappa shape index (κ1) is 81.2. The Morgan fingerprint density at radius 2 is 0.400 bits per heavy atom. The molecule has 22 nitrogen and oxygen atoms in total. The summed E-state index contributed by atoms with van der Waals surface area (Å²) >= 11 is 0. The Hall–Kier alpha value is -1.82. The zero-order valence-corrected chi connectivity index (χ0v) is 52.9. The van der Waals surface area contributed by atoms with Crippen LogP contribution in [0.5, 0.6) is 5.75 Å². The van der Waals surface area contributed by atoms with Crippen LogP contribution in [0.3, 0.4) is 0 Å². The second-order valence-corrected chi connectivity index (χ2v) is 19.5. The van der Waals surface area contributed by atoms with E-state index >= 15 is 0 Å². The number of aliphatic hydroxyl groups excluding tert-OH is 1. The largest absolute Gasteiger partial charge is 0.494 e. The zero-order valence-electron chi connectivity index (χ0n) is 52.9. The van der Waals surface area contributed by atoms with Crippen molar-refractivity contribution in [2.75, 3.05) is 271 Å². The summed E-state index contributed by atoms with van der Waals surface area (Å²) < 4.78 is 116. The van der Waals surface area contributed by atoms with Crippen LogP contribution in [0.4, 0.5) is 0 Å². The van der Waals surface area contributed by atoms with Crippen LogP contribution >= 0.6 is 0 Å². The molecule has 0 atom stereocenters. The second kappa shape index (κ2) is 74.6. The van der Waals surface area contributed by atoms with Gasteiger partial charge in [0.15, 0.2) is 0 Å². The first-order valence-corrected chi connectivity index (χ1v) is 32.2. The maximum atomic E-state index is 8.62. The van der Waals surface area contributed by atoms with Gasteiger partial charge in [0.2, 0.25) is 0 Å². The monoisotopic (exact) mass is 1230 g/mol. The van der Waals surface area contributed by atoms with Gasteiger partial charge in [-0.3, -0.25) is 0 Å². The molecule has 0 radical (unpaired) electrons. The van der Waals surface area contributed by atoms with Crippen LogP contribution in [-0.4, -0.2) is 276 Å². The quantitative estimate of drug-likeness (QED) is 0.0630. The molecule has 0 aromatic heterocycles. The van der Waals surface area contributed by atoms with E-state index in [1.165, 1.54) is 83.5 Å². The van der Waals surface area contributed by atoms with E-state index in [0.717, 1.165) is 24.3 Å². The van der Waals surface area contributed by atoms with Crippen LogP contribution in [-0.2, 0) is 101 Å². The summed E-state index contributed by atoms with van der Waals surface area (Å²) in [6, 6.07) is 8.20. The van der Waals surface area contributed by atoms with Crippen molar-refractivity contribution in [1.82, 2.24) is 0 Å². The molecule has 0 aliphatic heterocycles. The van der Waals surface area contributed by atoms with Gasteiger partial charge in [-0.15, -0.1) is 0 Å². The van der Waals surface area contributed by atoms with E-state index in [2.05, 4.69) is 19.1 Å². The van der Waals surface area contributed by atoms with Gasteiger partial charge in [0.25, 0.3) is 0 Å². The second-order valence-electron chi connectivity index (χ2n) is 19.5. The summed E-state index contributed by atoms with van der Waals surface area (Å²) in [7, 11) is 0. The minimum Gasteiger partial charge on any atom is -0.494 e. The molecule has 504 valence electrons. The standard InChI is InChI=1S/C63H120O22/c1-2-3-4-5-6-7-8-9-10-11-12-13-14-15-21-85-63-18-16-62(17-19-63)61-84-60-59-83-58-57-82-56-55-81-54-53-80-52-51-79-50-49-78-48-47-77-46-45-76-44-43-75-42-41-74-40-39-73-38-37-72-36-35-71-34-33-70-32-31-69-30-29-68-28-27-67-26-25-66-24-23-65-22-20-64/h16-19,64H,2-15,20-61H2,1H3. The fourth-order valence-electron chi connectivity index (χ4n) is 7.60. The number of ether oxygens (including phenoxy) is 21. The third-order valence-electron chi connectivity index (χ3n) is 12.3. The van der Waals surface area contributed by atoms with E-state index < -0.39 is 0 Å². The number of aliphatic hydroxyl groups is 1. The van der Waals surface area contributed by atoms with E-state index in [0.29, 0.717) is 264 Å². The molecule has 1 aromatic carbocycles. The van der Waals surface area contributed by atoms with Gasteiger partial charge < -0.3 is 105 Å². The van der Waals surface area contributed by atoms with Gasteiger partial charge in [-0.2, -0.15) is 0 Å². The van der Waals surface area contributed by atoms with Crippen LogP contribution in [0, 0.1) is 0 Å². The molecule has 0 aliphatic rings. The van der Waals surface area contributed by atoms with Crippen LogP contribution in [0.15, 0.2) is 24.3 Å². The Morgan fingerprint density at radius 3 is 0.612 bits per heavy atom. The Labute approximate surface area is 512 Å². The number of benzene rings is 1. The van der Waals surface area contributed by atoms with Crippen LogP contribution in [0.2, 0.25) is 0 Å². The normalized spacial score (nSPS) is 11.7. The average Bonchev–Trinajstić information content (AvgIpc) is 3.54. The fourth-order valence-corrected chi connectivity index (χ4v) is 7.60. The minimum absolute atomic E-state index is 0.0192. The molecule has 0 aliphatic carbocycles. The highest BCUT2D eigenvalue weighted by Crippen LogP contribution is 2.16. The molecular weight excluding hydrogens is 1110 g/mol. The highest BCUT2D eigenvalue weighted by molar-refractivity contribution is 5.26. The molecule has 0 fully saturated rings. The van der Waals surface area contributed by atoms with Crippen LogP contribution < -0.4 is 4.74 Å². The lowest BCUT2D eigenvalue weighted by Gasteiger charge is -2.09. The third kappa shape index (κ3) is 69.5. The molecule has 0 spiro atoms. The molecule has 0 saturated carbocycles. The van der Waals surface area contributed by atoms with E-state index in [1.54, 1.807) is 0 Å². The van der Waals surface area contributed by atoms with Crippen molar-refractivity contribution in [2.24, 2.45) is 0 Å². The molecule has 1 rings (SSSR count). The Morgan fingerprint density at radius 1 is 0.212 bits per heavy atom. The van der Waals surface area contributed by atoms with Gasteiger partial charge in [0, 0.05) is 0 Å². The molecule has 22 heteroatoms. The van der Waals surface area contributed by atoms with Gasteiger partial charge in [-0.25, -0.2) is 0 Å². The number of hydrogen-bond acceptors (Lipinski definition) is 22. The van der Waals surface area contributed by atoms with E-state index in [9.17, 15) is 0 Å². The summed E-state index contributed by atoms with van der Waals surface area (Å²) in [6.45, 7) is 22.8. The fraction of sp³-hybridized carbons (Fsp3) is 0.905. The highest BCUT2D eigenvalue weighted by Gasteiger charge is 2.02. The number of rotatable bonds is 77. The lowest BCUT2D eigenvalue weighted by Crippen LogP contribution is -2.16. The first-order valence-electron chi connectivity index (χ1n) is 32.2. The van der Waals surface area contributed by atoms with Crippen molar-refractivity contribution in [3.63, 3.8) is 0 Å². The zero-order chi connectivity index (χ0) is 60.4. The number of unbranched alkanes of at least 4 members (excludes halogenated alkanes) is 13. The van der Waals surface area contributed by atoms with Gasteiger partial charge in [0.1, 0.15) is 5.75 Å². The van der Waals surface area contributed by atoms with Crippen molar-refractivity contribution >= 4 is 0 Å². The smallest absolute Gasteiger partial charge is 0.119 e. The summed E-state index contributed by atoms with van der Waals surface area (Å²) in [5, 5.41) is 8.62. The van der Waals surface area contributed by atoms with Gasteiger partial charge in [0.05, 0.1) is 277 Å². The van der Waals surface area contributed by atoms with Crippen molar-refractivity contribution in [2.45, 2.75) is 103 Å². The van der Waals surface area contributed by atoms with Crippen molar-refractivity contribution in [1.29, 1.82) is 0 Å². The Balaban J connectivity index is 1.64. The van der Waals surface area contributed by atoms with Crippen molar-refractivity contribution in [3.05, 3.63) is 29.8 Å². The summed E-state index contributed by atoms with van der Waals surface area (Å²) in [5.41, 5.74) is 1.12. The van der Waals surface area contributed by atoms with Gasteiger partial charge in [-0.05, 0) is 24.1 Å².